The molecule has 3 heteroatoms. The first-order chi connectivity index (χ1) is 9.08. The molecule has 0 aromatic heterocycles. The molecule has 1 N–H and O–H groups in total. The minimum Gasteiger partial charge on any atom is -0.307 e. The minimum atomic E-state index is -0.113. The van der Waals surface area contributed by atoms with E-state index in [9.17, 15) is 4.39 Å². The van der Waals surface area contributed by atoms with Crippen molar-refractivity contribution in [3.8, 4) is 0 Å². The Balaban J connectivity index is 1.91. The Morgan fingerprint density at radius 2 is 1.84 bits per heavy atom. The van der Waals surface area contributed by atoms with Gasteiger partial charge in [0, 0.05) is 17.6 Å². The van der Waals surface area contributed by atoms with E-state index < -0.39 is 0 Å². The van der Waals surface area contributed by atoms with E-state index in [0.717, 1.165) is 5.56 Å². The Labute approximate surface area is 116 Å². The molecule has 0 bridgehead atoms. The highest BCUT2D eigenvalue weighted by Crippen LogP contribution is 2.23. The van der Waals surface area contributed by atoms with E-state index >= 15 is 0 Å². The van der Waals surface area contributed by atoms with Crippen molar-refractivity contribution in [3.63, 3.8) is 0 Å². The van der Waals surface area contributed by atoms with Gasteiger partial charge in [0.15, 0.2) is 0 Å². The van der Waals surface area contributed by atoms with Crippen molar-refractivity contribution in [1.82, 2.24) is 10.2 Å². The summed E-state index contributed by atoms with van der Waals surface area (Å²) in [7, 11) is 2.18. The molecule has 2 nitrogen and oxygen atoms in total. The summed E-state index contributed by atoms with van der Waals surface area (Å²) in [4.78, 5) is 2.38. The van der Waals surface area contributed by atoms with Crippen LogP contribution in [0.2, 0.25) is 0 Å². The zero-order valence-corrected chi connectivity index (χ0v) is 12.2. The lowest BCUT2D eigenvalue weighted by Crippen LogP contribution is -2.41. The summed E-state index contributed by atoms with van der Waals surface area (Å²) < 4.78 is 13.7. The lowest BCUT2D eigenvalue weighted by Gasteiger charge is -2.34. The van der Waals surface area contributed by atoms with Crippen LogP contribution < -0.4 is 5.32 Å². The molecule has 0 radical (unpaired) electrons. The van der Waals surface area contributed by atoms with Crippen molar-refractivity contribution in [3.05, 3.63) is 35.6 Å². The van der Waals surface area contributed by atoms with E-state index in [-0.39, 0.29) is 11.9 Å². The fraction of sp³-hybridized carbons (Fsp3) is 0.625. The maximum absolute atomic E-state index is 13.7. The van der Waals surface area contributed by atoms with Gasteiger partial charge in [-0.3, -0.25) is 0 Å². The second kappa shape index (κ2) is 6.49. The molecule has 0 amide bonds. The van der Waals surface area contributed by atoms with Crippen LogP contribution >= 0.6 is 0 Å². The molecule has 1 aliphatic rings. The van der Waals surface area contributed by atoms with Gasteiger partial charge in [0.1, 0.15) is 5.82 Å². The van der Waals surface area contributed by atoms with Crippen LogP contribution in [0.3, 0.4) is 0 Å². The Morgan fingerprint density at radius 3 is 2.47 bits per heavy atom. The number of hydrogen-bond donors (Lipinski definition) is 1. The second-order valence-electron chi connectivity index (χ2n) is 5.84. The Morgan fingerprint density at radius 1 is 1.21 bits per heavy atom. The number of piperidine rings is 1. The molecular formula is C16H25FN2. The summed E-state index contributed by atoms with van der Waals surface area (Å²) in [6, 6.07) is 7.55. The molecule has 0 saturated carbocycles. The van der Waals surface area contributed by atoms with Crippen molar-refractivity contribution < 1.29 is 4.39 Å². The molecule has 2 atom stereocenters. The molecular weight excluding hydrogens is 239 g/mol. The topological polar surface area (TPSA) is 15.3 Å². The van der Waals surface area contributed by atoms with Gasteiger partial charge in [0.05, 0.1) is 0 Å². The average molecular weight is 264 g/mol. The van der Waals surface area contributed by atoms with Crippen molar-refractivity contribution in [2.45, 2.75) is 38.8 Å². The van der Waals surface area contributed by atoms with Crippen LogP contribution in [0.25, 0.3) is 0 Å². The first-order valence-electron chi connectivity index (χ1n) is 7.27. The summed E-state index contributed by atoms with van der Waals surface area (Å²) in [5.41, 5.74) is 0.766. The van der Waals surface area contributed by atoms with Gasteiger partial charge in [-0.15, -0.1) is 0 Å². The normalized spacial score (nSPS) is 21.3. The largest absolute Gasteiger partial charge is 0.307 e. The zero-order valence-electron chi connectivity index (χ0n) is 12.2. The molecule has 2 unspecified atom stereocenters. The van der Waals surface area contributed by atoms with Crippen LogP contribution in [-0.4, -0.2) is 31.1 Å². The van der Waals surface area contributed by atoms with Crippen molar-refractivity contribution in [2.75, 3.05) is 20.1 Å². The van der Waals surface area contributed by atoms with E-state index in [4.69, 9.17) is 0 Å². The van der Waals surface area contributed by atoms with Crippen LogP contribution in [0, 0.1) is 11.7 Å². The van der Waals surface area contributed by atoms with Crippen molar-refractivity contribution in [1.29, 1.82) is 0 Å². The van der Waals surface area contributed by atoms with E-state index in [0.29, 0.717) is 12.0 Å². The van der Waals surface area contributed by atoms with E-state index in [1.807, 2.05) is 19.1 Å². The molecule has 1 aromatic carbocycles. The molecule has 1 saturated heterocycles. The van der Waals surface area contributed by atoms with Crippen LogP contribution in [0.15, 0.2) is 24.3 Å². The van der Waals surface area contributed by atoms with Gasteiger partial charge < -0.3 is 10.2 Å². The first kappa shape index (κ1) is 14.5. The molecule has 1 heterocycles. The summed E-state index contributed by atoms with van der Waals surface area (Å²) in [5, 5.41) is 3.56. The molecule has 106 valence electrons. The molecule has 0 aliphatic carbocycles. The predicted molar refractivity (Wildman–Crippen MR) is 77.6 cm³/mol. The van der Waals surface area contributed by atoms with Crippen LogP contribution in [0.4, 0.5) is 4.39 Å². The summed E-state index contributed by atoms with van der Waals surface area (Å²) in [6.45, 7) is 6.62. The Hall–Kier alpha value is -0.930. The van der Waals surface area contributed by atoms with Gasteiger partial charge >= 0.3 is 0 Å². The average Bonchev–Trinajstić information content (AvgIpc) is 2.39. The molecule has 1 aromatic rings. The standard InChI is InChI=1S/C16H25FN2/c1-12(14-8-10-19(3)11-9-14)18-13(2)15-6-4-5-7-16(15)17/h4-7,12-14,18H,8-11H2,1-3H3. The molecule has 2 rings (SSSR count). The van der Waals surface area contributed by atoms with Crippen LogP contribution in [0.5, 0.6) is 0 Å². The number of likely N-dealkylation sites (tertiary alicyclic amines) is 1. The first-order valence-corrected chi connectivity index (χ1v) is 7.27. The third kappa shape index (κ3) is 3.77. The SMILES string of the molecule is CC(NC(C)C1CCN(C)CC1)c1ccccc1F. The van der Waals surface area contributed by atoms with Crippen LogP contribution in [-0.2, 0) is 0 Å². The highest BCUT2D eigenvalue weighted by molar-refractivity contribution is 5.20. The summed E-state index contributed by atoms with van der Waals surface area (Å²) >= 11 is 0. The minimum absolute atomic E-state index is 0.0656. The third-order valence-electron chi connectivity index (χ3n) is 4.35. The predicted octanol–water partition coefficient (Wildman–Crippen LogP) is 3.21. The number of halogens is 1. The molecule has 1 fully saturated rings. The number of rotatable bonds is 4. The quantitative estimate of drug-likeness (QED) is 0.898. The number of benzene rings is 1. The molecule has 0 spiro atoms. The molecule has 19 heavy (non-hydrogen) atoms. The highest BCUT2D eigenvalue weighted by atomic mass is 19.1. The van der Waals surface area contributed by atoms with Crippen LogP contribution in [0.1, 0.15) is 38.3 Å². The number of nitrogens with one attached hydrogen (secondary N) is 1. The molecule has 1 aliphatic heterocycles. The van der Waals surface area contributed by atoms with E-state index in [1.165, 1.54) is 32.0 Å². The van der Waals surface area contributed by atoms with Gasteiger partial charge in [0.25, 0.3) is 0 Å². The fourth-order valence-electron chi connectivity index (χ4n) is 2.98. The van der Waals surface area contributed by atoms with Gasteiger partial charge in [-0.1, -0.05) is 18.2 Å². The van der Waals surface area contributed by atoms with Gasteiger partial charge in [-0.2, -0.15) is 0 Å². The monoisotopic (exact) mass is 264 g/mol. The highest BCUT2D eigenvalue weighted by Gasteiger charge is 2.23. The Kier molecular flexibility index (Phi) is 4.94. The van der Waals surface area contributed by atoms with E-state index in [1.54, 1.807) is 6.07 Å². The number of nitrogens with zero attached hydrogens (tertiary/aromatic N) is 1. The van der Waals surface area contributed by atoms with Crippen molar-refractivity contribution >= 4 is 0 Å². The lowest BCUT2D eigenvalue weighted by molar-refractivity contribution is 0.185. The smallest absolute Gasteiger partial charge is 0.127 e. The number of hydrogen-bond acceptors (Lipinski definition) is 2. The Bertz CT molecular complexity index is 399. The van der Waals surface area contributed by atoms with Gasteiger partial charge in [-0.25, -0.2) is 4.39 Å². The van der Waals surface area contributed by atoms with Crippen molar-refractivity contribution in [2.24, 2.45) is 5.92 Å². The maximum atomic E-state index is 13.7. The second-order valence-corrected chi connectivity index (χ2v) is 5.84. The zero-order chi connectivity index (χ0) is 13.8. The lowest BCUT2D eigenvalue weighted by atomic mass is 9.90. The fourth-order valence-corrected chi connectivity index (χ4v) is 2.98. The summed E-state index contributed by atoms with van der Waals surface area (Å²) in [6.07, 6.45) is 2.46. The summed E-state index contributed by atoms with van der Waals surface area (Å²) in [5.74, 6) is 0.587. The van der Waals surface area contributed by atoms with E-state index in [2.05, 4.69) is 24.2 Å². The third-order valence-corrected chi connectivity index (χ3v) is 4.35. The van der Waals surface area contributed by atoms with Gasteiger partial charge in [-0.05, 0) is 58.8 Å². The van der Waals surface area contributed by atoms with Gasteiger partial charge in [0.2, 0.25) is 0 Å². The maximum Gasteiger partial charge on any atom is 0.127 e.